The Balaban J connectivity index is 1.54. The number of hydrogen-bond acceptors (Lipinski definition) is 6. The van der Waals surface area contributed by atoms with Crippen molar-refractivity contribution in [1.29, 1.82) is 0 Å². The number of fused-ring (bicyclic) bond motifs is 1. The van der Waals surface area contributed by atoms with Gasteiger partial charge in [0.15, 0.2) is 0 Å². The van der Waals surface area contributed by atoms with Crippen molar-refractivity contribution in [3.8, 4) is 0 Å². The quantitative estimate of drug-likeness (QED) is 0.884. The smallest absolute Gasteiger partial charge is 0.291 e. The van der Waals surface area contributed by atoms with E-state index < -0.39 is 0 Å². The number of nitrogens with one attached hydrogen (secondary N) is 1. The molecule has 2 aromatic heterocycles. The van der Waals surface area contributed by atoms with Gasteiger partial charge in [0.1, 0.15) is 0 Å². The van der Waals surface area contributed by atoms with Crippen LogP contribution in [0, 0.1) is 6.92 Å². The first-order chi connectivity index (χ1) is 12.6. The summed E-state index contributed by atoms with van der Waals surface area (Å²) in [6.07, 6.45) is 6.29. The molecule has 2 fully saturated rings. The molecule has 0 aromatic carbocycles. The van der Waals surface area contributed by atoms with Gasteiger partial charge in [0.2, 0.25) is 5.82 Å². The van der Waals surface area contributed by atoms with E-state index >= 15 is 0 Å². The fourth-order valence-electron chi connectivity index (χ4n) is 4.42. The maximum absolute atomic E-state index is 12.8. The molecule has 1 N–H and O–H groups in total. The Kier molecular flexibility index (Phi) is 4.62. The van der Waals surface area contributed by atoms with Crippen LogP contribution in [0.2, 0.25) is 0 Å². The van der Waals surface area contributed by atoms with E-state index in [1.807, 2.05) is 13.0 Å². The van der Waals surface area contributed by atoms with Crippen molar-refractivity contribution < 1.29 is 9.53 Å². The average molecular weight is 358 g/mol. The fourth-order valence-corrected chi connectivity index (χ4v) is 4.42. The van der Waals surface area contributed by atoms with Crippen LogP contribution in [0.3, 0.4) is 0 Å². The standard InChI is InChI=1S/C18H26N6O2/c1-13-5-8-19-17-21-15(22-24(13)17)16(25)20-14(2)18(6-3-4-7-18)23-9-11-26-12-10-23/h5,8,14H,3-4,6-7,9-12H2,1-2H3,(H,20,25). The lowest BCUT2D eigenvalue weighted by atomic mass is 9.86. The number of nitrogens with zero attached hydrogens (tertiary/aromatic N) is 5. The van der Waals surface area contributed by atoms with Crippen LogP contribution in [0.15, 0.2) is 12.3 Å². The van der Waals surface area contributed by atoms with E-state index in [0.29, 0.717) is 5.78 Å². The monoisotopic (exact) mass is 358 g/mol. The number of aryl methyl sites for hydroxylation is 1. The summed E-state index contributed by atoms with van der Waals surface area (Å²) in [6.45, 7) is 7.41. The molecule has 8 nitrogen and oxygen atoms in total. The molecule has 1 unspecified atom stereocenters. The zero-order valence-corrected chi connectivity index (χ0v) is 15.4. The largest absolute Gasteiger partial charge is 0.379 e. The zero-order chi connectivity index (χ0) is 18.1. The molecule has 1 saturated carbocycles. The Hall–Kier alpha value is -2.06. The van der Waals surface area contributed by atoms with Crippen LogP contribution in [0.4, 0.5) is 0 Å². The molecule has 1 saturated heterocycles. The molecule has 8 heteroatoms. The molecule has 1 amide bonds. The fraction of sp³-hybridized carbons (Fsp3) is 0.667. The maximum Gasteiger partial charge on any atom is 0.291 e. The lowest BCUT2D eigenvalue weighted by molar-refractivity contribution is -0.0323. The average Bonchev–Trinajstić information content (AvgIpc) is 3.31. The summed E-state index contributed by atoms with van der Waals surface area (Å²) in [5.74, 6) is 0.391. The molecule has 1 aliphatic carbocycles. The Labute approximate surface area is 152 Å². The number of rotatable bonds is 4. The summed E-state index contributed by atoms with van der Waals surface area (Å²) in [5.41, 5.74) is 0.905. The number of amides is 1. The lowest BCUT2D eigenvalue weighted by Crippen LogP contribution is -2.62. The first-order valence-electron chi connectivity index (χ1n) is 9.42. The molecule has 2 aromatic rings. The van der Waals surface area contributed by atoms with Crippen molar-refractivity contribution in [1.82, 2.24) is 29.8 Å². The van der Waals surface area contributed by atoms with Crippen molar-refractivity contribution >= 4 is 11.7 Å². The van der Waals surface area contributed by atoms with Crippen molar-refractivity contribution in [2.75, 3.05) is 26.3 Å². The molecule has 0 bridgehead atoms. The van der Waals surface area contributed by atoms with E-state index in [1.54, 1.807) is 10.7 Å². The molecular weight excluding hydrogens is 332 g/mol. The highest BCUT2D eigenvalue weighted by Gasteiger charge is 2.45. The predicted molar refractivity (Wildman–Crippen MR) is 96.0 cm³/mol. The van der Waals surface area contributed by atoms with Crippen LogP contribution in [0.1, 0.15) is 48.9 Å². The Morgan fingerprint density at radius 2 is 2.04 bits per heavy atom. The minimum atomic E-state index is -0.234. The minimum Gasteiger partial charge on any atom is -0.379 e. The molecule has 26 heavy (non-hydrogen) atoms. The molecule has 1 atom stereocenters. The predicted octanol–water partition coefficient (Wildman–Crippen LogP) is 1.20. The Morgan fingerprint density at radius 1 is 1.31 bits per heavy atom. The highest BCUT2D eigenvalue weighted by molar-refractivity contribution is 5.91. The summed E-state index contributed by atoms with van der Waals surface area (Å²) >= 11 is 0. The van der Waals surface area contributed by atoms with Crippen LogP contribution in [-0.2, 0) is 4.74 Å². The van der Waals surface area contributed by atoms with Gasteiger partial charge in [-0.2, -0.15) is 4.98 Å². The molecule has 0 radical (unpaired) electrons. The first-order valence-corrected chi connectivity index (χ1v) is 9.42. The summed E-state index contributed by atoms with van der Waals surface area (Å²) in [6, 6.07) is 1.87. The van der Waals surface area contributed by atoms with E-state index in [1.165, 1.54) is 12.8 Å². The highest BCUT2D eigenvalue weighted by atomic mass is 16.5. The SMILES string of the molecule is Cc1ccnc2nc(C(=O)NC(C)C3(N4CCOCC4)CCCC3)nn12. The third-order valence-corrected chi connectivity index (χ3v) is 5.90. The van der Waals surface area contributed by atoms with Crippen LogP contribution in [0.25, 0.3) is 5.78 Å². The van der Waals surface area contributed by atoms with Gasteiger partial charge in [-0.3, -0.25) is 9.69 Å². The van der Waals surface area contributed by atoms with Crippen LogP contribution in [-0.4, -0.2) is 68.3 Å². The van der Waals surface area contributed by atoms with Gasteiger partial charge < -0.3 is 10.1 Å². The van der Waals surface area contributed by atoms with Crippen LogP contribution < -0.4 is 5.32 Å². The summed E-state index contributed by atoms with van der Waals surface area (Å²) < 4.78 is 7.12. The van der Waals surface area contributed by atoms with Crippen molar-refractivity contribution in [3.05, 3.63) is 23.8 Å². The van der Waals surface area contributed by atoms with Gasteiger partial charge >= 0.3 is 0 Å². The molecule has 0 spiro atoms. The van der Waals surface area contributed by atoms with Gasteiger partial charge in [0, 0.05) is 36.6 Å². The van der Waals surface area contributed by atoms with Gasteiger partial charge in [-0.1, -0.05) is 12.8 Å². The van der Waals surface area contributed by atoms with Crippen LogP contribution in [0.5, 0.6) is 0 Å². The maximum atomic E-state index is 12.8. The second-order valence-corrected chi connectivity index (χ2v) is 7.34. The molecule has 3 heterocycles. The van der Waals surface area contributed by atoms with Gasteiger partial charge in [0.05, 0.1) is 13.2 Å². The van der Waals surface area contributed by atoms with E-state index in [0.717, 1.165) is 44.8 Å². The Bertz CT molecular complexity index is 792. The van der Waals surface area contributed by atoms with E-state index in [2.05, 4.69) is 32.2 Å². The number of ether oxygens (including phenoxy) is 1. The number of hydrogen-bond donors (Lipinski definition) is 1. The van der Waals surface area contributed by atoms with E-state index in [4.69, 9.17) is 4.74 Å². The van der Waals surface area contributed by atoms with Crippen molar-refractivity contribution in [3.63, 3.8) is 0 Å². The third-order valence-electron chi connectivity index (χ3n) is 5.90. The second-order valence-electron chi connectivity index (χ2n) is 7.34. The zero-order valence-electron chi connectivity index (χ0n) is 15.4. The van der Waals surface area contributed by atoms with E-state index in [9.17, 15) is 4.79 Å². The topological polar surface area (TPSA) is 84.7 Å². The molecule has 1 aliphatic heterocycles. The van der Waals surface area contributed by atoms with Crippen molar-refractivity contribution in [2.24, 2.45) is 0 Å². The van der Waals surface area contributed by atoms with Gasteiger partial charge in [-0.25, -0.2) is 9.50 Å². The number of carbonyl (C=O) groups excluding carboxylic acids is 1. The molecule has 4 rings (SSSR count). The second kappa shape index (κ2) is 6.92. The summed E-state index contributed by atoms with van der Waals surface area (Å²) in [7, 11) is 0. The van der Waals surface area contributed by atoms with Gasteiger partial charge in [-0.15, -0.1) is 5.10 Å². The molecule has 140 valence electrons. The van der Waals surface area contributed by atoms with Crippen molar-refractivity contribution in [2.45, 2.75) is 51.1 Å². The van der Waals surface area contributed by atoms with Gasteiger partial charge in [-0.05, 0) is 32.8 Å². The highest BCUT2D eigenvalue weighted by Crippen LogP contribution is 2.38. The first kappa shape index (κ1) is 17.4. The normalized spacial score (nSPS) is 21.8. The number of morpholine rings is 1. The van der Waals surface area contributed by atoms with E-state index in [-0.39, 0.29) is 23.3 Å². The summed E-state index contributed by atoms with van der Waals surface area (Å²) in [5, 5.41) is 7.49. The Morgan fingerprint density at radius 3 is 2.73 bits per heavy atom. The number of carbonyl (C=O) groups is 1. The van der Waals surface area contributed by atoms with Crippen LogP contribution >= 0.6 is 0 Å². The molecule has 2 aliphatic rings. The number of aromatic nitrogens is 4. The lowest BCUT2D eigenvalue weighted by Gasteiger charge is -2.47. The van der Waals surface area contributed by atoms with Gasteiger partial charge in [0.25, 0.3) is 11.7 Å². The summed E-state index contributed by atoms with van der Waals surface area (Å²) in [4.78, 5) is 23.8. The third kappa shape index (κ3) is 2.97. The minimum absolute atomic E-state index is 0.00671. The molecular formula is C18H26N6O2.